The minimum atomic E-state index is -1.98. The molecule has 0 aliphatic rings. The minimum Gasteiger partial charge on any atom is -0.481 e. The molecule has 10 nitrogen and oxygen atoms in total. The average Bonchev–Trinajstić information content (AvgIpc) is 2.61. The van der Waals surface area contributed by atoms with Gasteiger partial charge in [-0.2, -0.15) is 0 Å². The number of rotatable bonds is 13. The number of ether oxygens (including phenoxy) is 2. The maximum Gasteiger partial charge on any atom is 0.407 e. The van der Waals surface area contributed by atoms with Gasteiger partial charge in [-0.25, -0.2) is 13.8 Å². The van der Waals surface area contributed by atoms with E-state index in [4.69, 9.17) is 24.8 Å². The van der Waals surface area contributed by atoms with E-state index < -0.39 is 42.7 Å². The van der Waals surface area contributed by atoms with Crippen LogP contribution in [0.25, 0.3) is 0 Å². The zero-order chi connectivity index (χ0) is 22.7. The zero-order valence-corrected chi connectivity index (χ0v) is 18.6. The zero-order valence-electron chi connectivity index (χ0n) is 16.9. The third-order valence-electron chi connectivity index (χ3n) is 3.69. The molecule has 170 valence electrons. The molecule has 0 spiro atoms. The molecular weight excluding hydrogens is 430 g/mol. The summed E-state index contributed by atoms with van der Waals surface area (Å²) in [4.78, 5) is 33.9. The number of aliphatic carboxylic acids is 1. The molecule has 0 bridgehead atoms. The Labute approximate surface area is 174 Å². The van der Waals surface area contributed by atoms with Gasteiger partial charge in [0.1, 0.15) is 20.6 Å². The standard InChI is InChI=1S/C16H30FN2O8PS/c1-15(2,11(20)21)9-18-13(24)26-5-7-28(17)29-8-6-27-14(25)19-10-16(3,4)12(22)23/h12,22-23H,5-10H2,1-4H3,(H,18,24)(H,19,25)(H,20,21). The van der Waals surface area contributed by atoms with Crippen molar-refractivity contribution in [3.05, 3.63) is 0 Å². The number of hydrogen-bond acceptors (Lipinski definition) is 8. The molecule has 13 heteroatoms. The van der Waals surface area contributed by atoms with Gasteiger partial charge in [-0.3, -0.25) is 4.79 Å². The first-order chi connectivity index (χ1) is 13.3. The third kappa shape index (κ3) is 12.7. The van der Waals surface area contributed by atoms with Crippen LogP contribution in [0.15, 0.2) is 0 Å². The van der Waals surface area contributed by atoms with Crippen LogP contribution in [0, 0.1) is 10.8 Å². The Balaban J connectivity index is 3.82. The lowest BCUT2D eigenvalue weighted by atomic mass is 9.93. The normalized spacial score (nSPS) is 13.0. The van der Waals surface area contributed by atoms with E-state index in [1.807, 2.05) is 0 Å². The summed E-state index contributed by atoms with van der Waals surface area (Å²) in [6.45, 7) is 5.70. The van der Waals surface area contributed by atoms with Gasteiger partial charge in [0.25, 0.3) is 0 Å². The van der Waals surface area contributed by atoms with Crippen molar-refractivity contribution in [2.45, 2.75) is 34.0 Å². The van der Waals surface area contributed by atoms with E-state index in [0.29, 0.717) is 0 Å². The highest BCUT2D eigenvalue weighted by molar-refractivity contribution is 8.54. The van der Waals surface area contributed by atoms with Crippen molar-refractivity contribution in [3.8, 4) is 0 Å². The quantitative estimate of drug-likeness (QED) is 0.157. The van der Waals surface area contributed by atoms with Crippen molar-refractivity contribution >= 4 is 37.0 Å². The summed E-state index contributed by atoms with van der Waals surface area (Å²) in [5.41, 5.74) is -2.07. The van der Waals surface area contributed by atoms with E-state index in [9.17, 15) is 18.6 Å². The Kier molecular flexibility index (Phi) is 12.4. The fourth-order valence-corrected chi connectivity index (χ4v) is 3.56. The van der Waals surface area contributed by atoms with E-state index in [1.165, 1.54) is 13.8 Å². The number of aliphatic hydroxyl groups is 2. The SMILES string of the molecule is CC(C)(CNC(=O)OCCP(F)SCCOC(=O)NCC(C)(C)C(O)O)C(=O)O. The van der Waals surface area contributed by atoms with Crippen LogP contribution in [0.2, 0.25) is 0 Å². The van der Waals surface area contributed by atoms with Crippen molar-refractivity contribution in [1.29, 1.82) is 0 Å². The van der Waals surface area contributed by atoms with Crippen LogP contribution in [0.4, 0.5) is 13.8 Å². The number of amides is 2. The summed E-state index contributed by atoms with van der Waals surface area (Å²) in [6.07, 6.45) is -3.17. The summed E-state index contributed by atoms with van der Waals surface area (Å²) < 4.78 is 23.4. The molecule has 0 aliphatic heterocycles. The molecule has 29 heavy (non-hydrogen) atoms. The number of carboxylic acid groups (broad SMARTS) is 1. The molecule has 1 unspecified atom stereocenters. The minimum absolute atomic E-state index is 0.00445. The smallest absolute Gasteiger partial charge is 0.407 e. The van der Waals surface area contributed by atoms with Gasteiger partial charge in [-0.15, -0.1) is 0 Å². The molecule has 0 aromatic carbocycles. The van der Waals surface area contributed by atoms with Gasteiger partial charge < -0.3 is 35.4 Å². The summed E-state index contributed by atoms with van der Waals surface area (Å²) in [6, 6.07) is 0. The second-order valence-electron chi connectivity index (χ2n) is 7.40. The van der Waals surface area contributed by atoms with E-state index in [-0.39, 0.29) is 38.2 Å². The molecular formula is C16H30FN2O8PS. The molecule has 0 aromatic rings. The summed E-state index contributed by atoms with van der Waals surface area (Å²) >= 11 is 0.944. The van der Waals surface area contributed by atoms with E-state index in [0.717, 1.165) is 11.4 Å². The Morgan fingerprint density at radius 2 is 1.55 bits per heavy atom. The fraction of sp³-hybridized carbons (Fsp3) is 0.812. The highest BCUT2D eigenvalue weighted by atomic mass is 32.7. The van der Waals surface area contributed by atoms with Gasteiger partial charge in [-0.1, -0.05) is 25.2 Å². The van der Waals surface area contributed by atoms with Crippen LogP contribution in [0.5, 0.6) is 0 Å². The predicted molar refractivity (Wildman–Crippen MR) is 107 cm³/mol. The predicted octanol–water partition coefficient (Wildman–Crippen LogP) is 1.90. The number of hydrogen-bond donors (Lipinski definition) is 5. The molecule has 0 rings (SSSR count). The highest BCUT2D eigenvalue weighted by Crippen LogP contribution is 2.50. The van der Waals surface area contributed by atoms with Crippen molar-refractivity contribution in [2.24, 2.45) is 10.8 Å². The van der Waals surface area contributed by atoms with Gasteiger partial charge in [-0.05, 0) is 13.8 Å². The largest absolute Gasteiger partial charge is 0.481 e. The van der Waals surface area contributed by atoms with Crippen molar-refractivity contribution < 1.29 is 43.4 Å². The second kappa shape index (κ2) is 13.0. The Morgan fingerprint density at radius 1 is 1.03 bits per heavy atom. The van der Waals surface area contributed by atoms with E-state index >= 15 is 0 Å². The molecule has 1 atom stereocenters. The number of halogens is 1. The van der Waals surface area contributed by atoms with Crippen LogP contribution in [0.1, 0.15) is 27.7 Å². The first-order valence-electron chi connectivity index (χ1n) is 8.75. The van der Waals surface area contributed by atoms with Crippen LogP contribution in [0.3, 0.4) is 0 Å². The molecule has 0 saturated carbocycles. The molecule has 0 aliphatic carbocycles. The number of alkyl carbamates (subject to hydrolysis) is 2. The van der Waals surface area contributed by atoms with Gasteiger partial charge in [0.05, 0.1) is 5.41 Å². The molecule has 0 aromatic heterocycles. The number of carboxylic acids is 1. The average molecular weight is 460 g/mol. The first-order valence-corrected chi connectivity index (χ1v) is 11.8. The lowest BCUT2D eigenvalue weighted by Crippen LogP contribution is -2.41. The van der Waals surface area contributed by atoms with Crippen molar-refractivity contribution in [3.63, 3.8) is 0 Å². The van der Waals surface area contributed by atoms with Crippen LogP contribution in [-0.2, 0) is 14.3 Å². The second-order valence-corrected chi connectivity index (χ2v) is 11.1. The first kappa shape index (κ1) is 27.6. The van der Waals surface area contributed by atoms with Crippen molar-refractivity contribution in [2.75, 3.05) is 38.2 Å². The molecule has 0 heterocycles. The lowest BCUT2D eigenvalue weighted by Gasteiger charge is -2.26. The van der Waals surface area contributed by atoms with Gasteiger partial charge >= 0.3 is 18.2 Å². The van der Waals surface area contributed by atoms with Crippen LogP contribution in [-0.4, -0.2) is 78.0 Å². The molecule has 0 radical (unpaired) electrons. The Hall–Kier alpha value is -1.36. The topological polar surface area (TPSA) is 154 Å². The number of carbonyl (C=O) groups excluding carboxylic acids is 2. The van der Waals surface area contributed by atoms with E-state index in [1.54, 1.807) is 13.8 Å². The summed E-state index contributed by atoms with van der Waals surface area (Å²) in [7, 11) is -1.98. The summed E-state index contributed by atoms with van der Waals surface area (Å²) in [5, 5.41) is 31.9. The third-order valence-corrected chi connectivity index (χ3v) is 6.79. The lowest BCUT2D eigenvalue weighted by molar-refractivity contribution is -0.146. The Morgan fingerprint density at radius 3 is 2.07 bits per heavy atom. The van der Waals surface area contributed by atoms with Gasteiger partial charge in [0.15, 0.2) is 6.29 Å². The molecule has 5 N–H and O–H groups in total. The maximum absolute atomic E-state index is 13.8. The van der Waals surface area contributed by atoms with Gasteiger partial charge in [0.2, 0.25) is 0 Å². The number of aliphatic hydroxyl groups excluding tert-OH is 1. The molecule has 0 fully saturated rings. The fourth-order valence-electron chi connectivity index (χ4n) is 1.41. The maximum atomic E-state index is 13.8. The number of nitrogens with one attached hydrogen (secondary N) is 2. The van der Waals surface area contributed by atoms with Crippen LogP contribution < -0.4 is 10.6 Å². The van der Waals surface area contributed by atoms with Crippen LogP contribution >= 0.6 is 18.8 Å². The Bertz CT molecular complexity index is 551. The summed E-state index contributed by atoms with van der Waals surface area (Å²) in [5.74, 6) is -0.854. The van der Waals surface area contributed by atoms with Gasteiger partial charge in [0, 0.05) is 30.4 Å². The molecule has 2 amide bonds. The number of carbonyl (C=O) groups is 3. The highest BCUT2D eigenvalue weighted by Gasteiger charge is 2.28. The van der Waals surface area contributed by atoms with Crippen molar-refractivity contribution in [1.82, 2.24) is 10.6 Å². The monoisotopic (exact) mass is 460 g/mol. The molecule has 0 saturated heterocycles. The van der Waals surface area contributed by atoms with E-state index in [2.05, 4.69) is 10.6 Å².